The molecule has 1 aliphatic heterocycles. The lowest BCUT2D eigenvalue weighted by atomic mass is 10.00. The molecule has 7 nitrogen and oxygen atoms in total. The minimum absolute atomic E-state index is 0.226. The molecule has 8 heteroatoms. The van der Waals surface area contributed by atoms with Gasteiger partial charge >= 0.3 is 0 Å². The van der Waals surface area contributed by atoms with E-state index in [0.717, 1.165) is 50.7 Å². The molecule has 2 atom stereocenters. The molecule has 1 N–H and O–H groups in total. The van der Waals surface area contributed by atoms with E-state index in [1.807, 2.05) is 36.4 Å². The van der Waals surface area contributed by atoms with Crippen LogP contribution in [0.25, 0.3) is 33.4 Å². The fourth-order valence-corrected chi connectivity index (χ4v) is 4.52. The molecule has 4 heterocycles. The number of rotatable bonds is 4. The molecule has 3 aromatic heterocycles. The van der Waals surface area contributed by atoms with Crippen LogP contribution in [0.3, 0.4) is 0 Å². The average Bonchev–Trinajstić information content (AvgIpc) is 3.33. The number of hydrogen-bond donors (Lipinski definition) is 1. The van der Waals surface area contributed by atoms with Crippen molar-refractivity contribution in [2.75, 3.05) is 30.9 Å². The Kier molecular flexibility index (Phi) is 5.25. The average molecular weight is 434 g/mol. The lowest BCUT2D eigenvalue weighted by molar-refractivity contribution is 0.0986. The standard InChI is InChI=1S/C23H23N5O2S/c1-15-14-30-12-11-28(15)21-13-19(16-3-5-17(6-4-16)31(2)29)18-7-9-24-23(22(18)26-21)20-8-10-25-27-20/h3-10,13,15H,11-12,14H2,1-2H3,(H,25,27). The summed E-state index contributed by atoms with van der Waals surface area (Å²) < 4.78 is 17.5. The molecule has 31 heavy (non-hydrogen) atoms. The van der Waals surface area contributed by atoms with Crippen LogP contribution in [-0.2, 0) is 15.5 Å². The van der Waals surface area contributed by atoms with Gasteiger partial charge in [0.05, 0.1) is 24.9 Å². The summed E-state index contributed by atoms with van der Waals surface area (Å²) in [6.45, 7) is 4.28. The summed E-state index contributed by atoms with van der Waals surface area (Å²) in [5, 5.41) is 8.11. The van der Waals surface area contributed by atoms with Crippen LogP contribution in [0.4, 0.5) is 5.82 Å². The van der Waals surface area contributed by atoms with E-state index in [2.05, 4.69) is 33.1 Å². The van der Waals surface area contributed by atoms with Gasteiger partial charge in [-0.05, 0) is 48.4 Å². The number of nitrogens with one attached hydrogen (secondary N) is 1. The second-order valence-electron chi connectivity index (χ2n) is 7.65. The van der Waals surface area contributed by atoms with Crippen molar-refractivity contribution in [1.29, 1.82) is 0 Å². The first-order valence-corrected chi connectivity index (χ1v) is 11.8. The zero-order chi connectivity index (χ0) is 21.4. The van der Waals surface area contributed by atoms with Gasteiger partial charge < -0.3 is 9.64 Å². The Morgan fingerprint density at radius 1 is 1.16 bits per heavy atom. The van der Waals surface area contributed by atoms with Gasteiger partial charge in [-0.2, -0.15) is 5.10 Å². The summed E-state index contributed by atoms with van der Waals surface area (Å²) in [6.07, 6.45) is 5.21. The van der Waals surface area contributed by atoms with Crippen molar-refractivity contribution in [3.63, 3.8) is 0 Å². The molecule has 0 spiro atoms. The second-order valence-corrected chi connectivity index (χ2v) is 9.03. The normalized spacial score (nSPS) is 17.7. The van der Waals surface area contributed by atoms with E-state index in [1.165, 1.54) is 0 Å². The summed E-state index contributed by atoms with van der Waals surface area (Å²) in [4.78, 5) is 12.8. The van der Waals surface area contributed by atoms with Gasteiger partial charge in [0.2, 0.25) is 0 Å². The fraction of sp³-hybridized carbons (Fsp3) is 0.261. The monoisotopic (exact) mass is 433 g/mol. The predicted molar refractivity (Wildman–Crippen MR) is 123 cm³/mol. The van der Waals surface area contributed by atoms with Crippen molar-refractivity contribution in [3.8, 4) is 22.5 Å². The zero-order valence-electron chi connectivity index (χ0n) is 17.4. The highest BCUT2D eigenvalue weighted by Crippen LogP contribution is 2.35. The van der Waals surface area contributed by atoms with Gasteiger partial charge in [0.25, 0.3) is 0 Å². The van der Waals surface area contributed by atoms with Gasteiger partial charge in [0.15, 0.2) is 0 Å². The van der Waals surface area contributed by atoms with Gasteiger partial charge in [-0.1, -0.05) is 12.1 Å². The Hall–Kier alpha value is -3.10. The summed E-state index contributed by atoms with van der Waals surface area (Å²) in [7, 11) is -1.01. The number of hydrogen-bond acceptors (Lipinski definition) is 6. The molecule has 1 aromatic carbocycles. The summed E-state index contributed by atoms with van der Waals surface area (Å²) in [5.74, 6) is 0.898. The van der Waals surface area contributed by atoms with E-state index in [9.17, 15) is 4.21 Å². The smallest absolute Gasteiger partial charge is 0.130 e. The van der Waals surface area contributed by atoms with Gasteiger partial charge in [0, 0.05) is 46.3 Å². The topological polar surface area (TPSA) is 84.0 Å². The molecule has 0 bridgehead atoms. The zero-order valence-corrected chi connectivity index (χ0v) is 18.2. The van der Waals surface area contributed by atoms with Gasteiger partial charge in [-0.3, -0.25) is 14.3 Å². The molecule has 2 unspecified atom stereocenters. The third-order valence-electron chi connectivity index (χ3n) is 5.63. The lowest BCUT2D eigenvalue weighted by Gasteiger charge is -2.34. The first-order chi connectivity index (χ1) is 15.1. The molecule has 0 saturated carbocycles. The summed E-state index contributed by atoms with van der Waals surface area (Å²) >= 11 is 0. The molecule has 4 aromatic rings. The van der Waals surface area contributed by atoms with Crippen molar-refractivity contribution >= 4 is 27.5 Å². The third kappa shape index (κ3) is 3.73. The number of morpholine rings is 1. The first-order valence-electron chi connectivity index (χ1n) is 10.2. The number of pyridine rings is 2. The van der Waals surface area contributed by atoms with Gasteiger partial charge in [0.1, 0.15) is 17.0 Å². The number of aromatic amines is 1. The number of aromatic nitrogens is 4. The van der Waals surface area contributed by atoms with E-state index < -0.39 is 10.8 Å². The lowest BCUT2D eigenvalue weighted by Crippen LogP contribution is -2.44. The Morgan fingerprint density at radius 2 is 2.00 bits per heavy atom. The maximum atomic E-state index is 11.8. The second kappa shape index (κ2) is 8.20. The molecule has 1 saturated heterocycles. The summed E-state index contributed by atoms with van der Waals surface area (Å²) in [5.41, 5.74) is 4.53. The maximum absolute atomic E-state index is 11.8. The fourth-order valence-electron chi connectivity index (χ4n) is 4.00. The van der Waals surface area contributed by atoms with E-state index in [4.69, 9.17) is 9.72 Å². The molecule has 0 amide bonds. The highest BCUT2D eigenvalue weighted by Gasteiger charge is 2.23. The Bertz CT molecular complexity index is 1240. The number of benzene rings is 1. The highest BCUT2D eigenvalue weighted by molar-refractivity contribution is 7.84. The number of anilines is 1. The first kappa shape index (κ1) is 19.8. The van der Waals surface area contributed by atoms with E-state index in [0.29, 0.717) is 13.2 Å². The van der Waals surface area contributed by atoms with Crippen LogP contribution in [0.2, 0.25) is 0 Å². The Morgan fingerprint density at radius 3 is 2.71 bits per heavy atom. The number of H-pyrrole nitrogens is 1. The van der Waals surface area contributed by atoms with Crippen molar-refractivity contribution in [3.05, 3.63) is 54.9 Å². The minimum Gasteiger partial charge on any atom is -0.377 e. The van der Waals surface area contributed by atoms with Crippen LogP contribution in [0.1, 0.15) is 6.92 Å². The molecule has 1 fully saturated rings. The van der Waals surface area contributed by atoms with E-state index in [1.54, 1.807) is 18.6 Å². The Labute approximate surface area is 182 Å². The predicted octanol–water partition coefficient (Wildman–Crippen LogP) is 3.65. The maximum Gasteiger partial charge on any atom is 0.130 e. The molecule has 0 radical (unpaired) electrons. The van der Waals surface area contributed by atoms with Crippen LogP contribution in [0.15, 0.2) is 59.8 Å². The largest absolute Gasteiger partial charge is 0.377 e. The number of ether oxygens (including phenoxy) is 1. The minimum atomic E-state index is -1.01. The van der Waals surface area contributed by atoms with Crippen molar-refractivity contribution in [2.24, 2.45) is 0 Å². The quantitative estimate of drug-likeness (QED) is 0.529. The van der Waals surface area contributed by atoms with Gasteiger partial charge in [-0.25, -0.2) is 4.98 Å². The molecular weight excluding hydrogens is 410 g/mol. The van der Waals surface area contributed by atoms with Crippen LogP contribution in [-0.4, -0.2) is 56.4 Å². The SMILES string of the molecule is CC1COCCN1c1cc(-c2ccc(S(C)=O)cc2)c2ccnc(-c3ccn[nH]3)c2n1. The van der Waals surface area contributed by atoms with Crippen LogP contribution < -0.4 is 4.90 Å². The third-order valence-corrected chi connectivity index (χ3v) is 6.57. The van der Waals surface area contributed by atoms with Crippen molar-refractivity contribution < 1.29 is 8.95 Å². The van der Waals surface area contributed by atoms with Gasteiger partial charge in [-0.15, -0.1) is 0 Å². The number of fused-ring (bicyclic) bond motifs is 1. The van der Waals surface area contributed by atoms with Crippen molar-refractivity contribution in [2.45, 2.75) is 17.9 Å². The number of nitrogens with zero attached hydrogens (tertiary/aromatic N) is 4. The highest BCUT2D eigenvalue weighted by atomic mass is 32.2. The molecule has 0 aliphatic carbocycles. The van der Waals surface area contributed by atoms with Crippen LogP contribution in [0.5, 0.6) is 0 Å². The van der Waals surface area contributed by atoms with Crippen molar-refractivity contribution in [1.82, 2.24) is 20.2 Å². The van der Waals surface area contributed by atoms with E-state index >= 15 is 0 Å². The summed E-state index contributed by atoms with van der Waals surface area (Å²) in [6, 6.07) is 14.1. The molecule has 158 valence electrons. The van der Waals surface area contributed by atoms with Crippen LogP contribution >= 0.6 is 0 Å². The Balaban J connectivity index is 1.74. The molecule has 1 aliphatic rings. The van der Waals surface area contributed by atoms with E-state index in [-0.39, 0.29) is 6.04 Å². The molecule has 5 rings (SSSR count). The molecular formula is C23H23N5O2S. The van der Waals surface area contributed by atoms with Crippen LogP contribution in [0, 0.1) is 0 Å².